The highest BCUT2D eigenvalue weighted by molar-refractivity contribution is 6.90. The van der Waals surface area contributed by atoms with Crippen LogP contribution in [-0.2, 0) is 9.47 Å². The standard InChI is InChI=1S/C52H68F2N6O6Si/c1-12-40-46-39-18-17-36(60(39)50(61)66-51(8,9)10)27-59(46)47-42-45(56-49(57-47)63-28-52-20-14-21-58(52)26-35(53)25-52)43(54)44(55-48(42)65-40)38-24-37(64-29-62-11)23-34-16-13-15-33(41(34)38)19-22-67(30(2)3,31(4)5)32(6)7/h13,15-16,23-24,30-32,35-36,39-40,46H,12,14,17-18,20-21,25-29H2,1-11H3/t35-,36-,39+,40?,46+,52+/m1/s1. The SMILES string of the molecule is CCC1Oc2nc(-c3cc(OCOC)cc4cccc(C#C[Si](C(C)C)(C(C)C)C(C)C)c34)c(F)c3nc(OC[C@@]45CCCN4C[C@H](F)C5)nc(c23)N2C[C@H]3CC[C@@H]([C@@H]12)N3C(=O)OC(C)(C)C. The minimum absolute atomic E-state index is 0.00114. The Labute approximate surface area is 395 Å². The lowest BCUT2D eigenvalue weighted by Gasteiger charge is -2.48. The number of pyridine rings is 1. The van der Waals surface area contributed by atoms with Crippen LogP contribution in [0.2, 0.25) is 16.6 Å². The molecular formula is C52H68F2N6O6Si. The number of halogens is 2. The zero-order chi connectivity index (χ0) is 47.7. The lowest BCUT2D eigenvalue weighted by Crippen LogP contribution is -2.65. The largest absolute Gasteiger partial charge is 0.471 e. The van der Waals surface area contributed by atoms with Gasteiger partial charge in [-0.05, 0) is 99.6 Å². The lowest BCUT2D eigenvalue weighted by molar-refractivity contribution is -0.000596. The molecule has 67 heavy (non-hydrogen) atoms. The predicted molar refractivity (Wildman–Crippen MR) is 260 cm³/mol. The first-order valence-corrected chi connectivity index (χ1v) is 26.7. The molecule has 0 spiro atoms. The van der Waals surface area contributed by atoms with Crippen LogP contribution in [0.5, 0.6) is 17.6 Å². The molecule has 4 saturated heterocycles. The number of hydrogen-bond donors (Lipinski definition) is 0. The predicted octanol–water partition coefficient (Wildman–Crippen LogP) is 10.6. The molecule has 0 N–H and O–H groups in total. The van der Waals surface area contributed by atoms with Crippen molar-refractivity contribution in [1.29, 1.82) is 0 Å². The van der Waals surface area contributed by atoms with Crippen molar-refractivity contribution in [3.05, 3.63) is 41.7 Å². The molecule has 360 valence electrons. The highest BCUT2D eigenvalue weighted by Gasteiger charge is 2.55. The molecule has 0 radical (unpaired) electrons. The summed E-state index contributed by atoms with van der Waals surface area (Å²) in [6.07, 6.45) is 2.35. The van der Waals surface area contributed by atoms with Crippen molar-refractivity contribution >= 4 is 41.7 Å². The molecular weight excluding hydrogens is 871 g/mol. The van der Waals surface area contributed by atoms with Crippen molar-refractivity contribution in [3.63, 3.8) is 0 Å². The molecule has 0 aliphatic carbocycles. The van der Waals surface area contributed by atoms with Gasteiger partial charge in [0.15, 0.2) is 12.6 Å². The second kappa shape index (κ2) is 17.9. The molecule has 7 heterocycles. The minimum Gasteiger partial charge on any atom is -0.471 e. The number of carbonyl (C=O) groups is 1. The van der Waals surface area contributed by atoms with Crippen LogP contribution in [0.1, 0.15) is 113 Å². The van der Waals surface area contributed by atoms with Crippen molar-refractivity contribution in [1.82, 2.24) is 24.8 Å². The zero-order valence-corrected chi connectivity index (χ0v) is 42.2. The van der Waals surface area contributed by atoms with Crippen molar-refractivity contribution in [2.45, 2.75) is 166 Å². The average molecular weight is 939 g/mol. The number of piperazine rings is 1. The second-order valence-electron chi connectivity index (χ2n) is 21.5. The molecule has 1 unspecified atom stereocenters. The van der Waals surface area contributed by atoms with Crippen LogP contribution in [-0.4, -0.2) is 121 Å². The van der Waals surface area contributed by atoms with Gasteiger partial charge in [-0.2, -0.15) is 9.97 Å². The Morgan fingerprint density at radius 1 is 1.01 bits per heavy atom. The van der Waals surface area contributed by atoms with E-state index in [2.05, 4.69) is 69.7 Å². The number of benzene rings is 2. The summed E-state index contributed by atoms with van der Waals surface area (Å²) in [6.45, 7) is 23.1. The number of carbonyl (C=O) groups excluding carboxylic acids is 1. The van der Waals surface area contributed by atoms with Gasteiger partial charge < -0.3 is 28.6 Å². The van der Waals surface area contributed by atoms with E-state index in [1.165, 1.54) is 0 Å². The number of hydrogen-bond acceptors (Lipinski definition) is 11. The van der Waals surface area contributed by atoms with E-state index in [1.54, 1.807) is 13.2 Å². The van der Waals surface area contributed by atoms with Gasteiger partial charge in [0.2, 0.25) is 5.88 Å². The minimum atomic E-state index is -2.19. The molecule has 12 nitrogen and oxygen atoms in total. The Morgan fingerprint density at radius 2 is 1.78 bits per heavy atom. The topological polar surface area (TPSA) is 112 Å². The first-order chi connectivity index (χ1) is 31.9. The van der Waals surface area contributed by atoms with Crippen LogP contribution in [0.25, 0.3) is 32.9 Å². The molecule has 2 aromatic heterocycles. The van der Waals surface area contributed by atoms with Gasteiger partial charge in [0, 0.05) is 43.1 Å². The normalized spacial score (nSPS) is 24.8. The fourth-order valence-corrected chi connectivity index (χ4v) is 17.8. The number of methoxy groups -OCH3 is 1. The molecule has 4 aromatic rings. The summed E-state index contributed by atoms with van der Waals surface area (Å²) in [6, 6.07) is 8.82. The fourth-order valence-electron chi connectivity index (χ4n) is 12.6. The molecule has 0 saturated carbocycles. The third-order valence-corrected chi connectivity index (χ3v) is 21.7. The van der Waals surface area contributed by atoms with Crippen molar-refractivity contribution < 1.29 is 37.3 Å². The van der Waals surface area contributed by atoms with Gasteiger partial charge in [-0.3, -0.25) is 9.80 Å². The summed E-state index contributed by atoms with van der Waals surface area (Å²) in [7, 11) is -0.632. The highest BCUT2D eigenvalue weighted by atomic mass is 28.3. The number of aromatic nitrogens is 3. The smallest absolute Gasteiger partial charge is 0.410 e. The number of rotatable bonds is 11. The maximum absolute atomic E-state index is 18.3. The number of ether oxygens (including phenoxy) is 5. The van der Waals surface area contributed by atoms with Crippen molar-refractivity contribution in [2.75, 3.05) is 45.0 Å². The number of fused-ring (bicyclic) bond motifs is 7. The summed E-state index contributed by atoms with van der Waals surface area (Å²) >= 11 is 0. The van der Waals surface area contributed by atoms with Gasteiger partial charge in [-0.1, -0.05) is 66.5 Å². The molecule has 4 fully saturated rings. The lowest BCUT2D eigenvalue weighted by atomic mass is 9.95. The third-order valence-electron chi connectivity index (χ3n) is 15.4. The number of amides is 1. The molecule has 5 aliphatic heterocycles. The van der Waals surface area contributed by atoms with Crippen LogP contribution in [0.15, 0.2) is 30.3 Å². The Hall–Kier alpha value is -4.78. The third kappa shape index (κ3) is 8.26. The van der Waals surface area contributed by atoms with Gasteiger partial charge in [0.05, 0.1) is 23.7 Å². The fraction of sp³-hybridized carbons (Fsp3) is 0.615. The van der Waals surface area contributed by atoms with Gasteiger partial charge in [0.25, 0.3) is 0 Å². The van der Waals surface area contributed by atoms with Crippen LogP contribution in [0.3, 0.4) is 0 Å². The van der Waals surface area contributed by atoms with Gasteiger partial charge in [-0.25, -0.2) is 18.6 Å². The summed E-state index contributed by atoms with van der Waals surface area (Å²) in [5.41, 5.74) is 5.18. The first-order valence-electron chi connectivity index (χ1n) is 24.5. The summed E-state index contributed by atoms with van der Waals surface area (Å²) in [5, 5.41) is 1.86. The highest BCUT2D eigenvalue weighted by Crippen LogP contribution is 2.49. The van der Waals surface area contributed by atoms with E-state index in [-0.39, 0.29) is 60.7 Å². The number of alkyl halides is 1. The van der Waals surface area contributed by atoms with E-state index >= 15 is 4.39 Å². The van der Waals surface area contributed by atoms with E-state index in [1.807, 2.05) is 49.9 Å². The van der Waals surface area contributed by atoms with E-state index in [0.717, 1.165) is 48.6 Å². The summed E-state index contributed by atoms with van der Waals surface area (Å²) < 4.78 is 64.3. The van der Waals surface area contributed by atoms with E-state index in [4.69, 9.17) is 38.6 Å². The van der Waals surface area contributed by atoms with Gasteiger partial charge >= 0.3 is 12.1 Å². The Morgan fingerprint density at radius 3 is 2.48 bits per heavy atom. The second-order valence-corrected chi connectivity index (χ2v) is 27.0. The van der Waals surface area contributed by atoms with Crippen molar-refractivity contribution in [2.24, 2.45) is 0 Å². The zero-order valence-electron chi connectivity index (χ0n) is 41.2. The monoisotopic (exact) mass is 938 g/mol. The molecule has 6 atom stereocenters. The summed E-state index contributed by atoms with van der Waals surface area (Å²) in [4.78, 5) is 35.4. The average Bonchev–Trinajstić information content (AvgIpc) is 3.88. The van der Waals surface area contributed by atoms with E-state index in [9.17, 15) is 9.18 Å². The first kappa shape index (κ1) is 47.3. The number of anilines is 1. The van der Waals surface area contributed by atoms with Crippen LogP contribution in [0.4, 0.5) is 19.4 Å². The quantitative estimate of drug-likeness (QED) is 0.0814. The Kier molecular flexibility index (Phi) is 12.7. The van der Waals surface area contributed by atoms with Gasteiger partial charge in [-0.15, -0.1) is 5.54 Å². The van der Waals surface area contributed by atoms with Crippen molar-refractivity contribution in [3.8, 4) is 40.4 Å². The van der Waals surface area contributed by atoms with Crippen LogP contribution in [0, 0.1) is 17.3 Å². The molecule has 15 heteroatoms. The Bertz CT molecular complexity index is 2590. The summed E-state index contributed by atoms with van der Waals surface area (Å²) in [5.74, 6) is 4.09. The van der Waals surface area contributed by atoms with E-state index < -0.39 is 37.3 Å². The molecule has 2 bridgehead atoms. The maximum atomic E-state index is 18.3. The Balaban J connectivity index is 1.26. The van der Waals surface area contributed by atoms with Gasteiger partial charge in [0.1, 0.15) is 60.7 Å². The maximum Gasteiger partial charge on any atom is 0.410 e. The molecule has 2 aromatic carbocycles. The van der Waals surface area contributed by atoms with Crippen LogP contribution >= 0.6 is 0 Å². The molecule has 1 amide bonds. The molecule has 9 rings (SSSR count). The van der Waals surface area contributed by atoms with Crippen LogP contribution < -0.4 is 19.1 Å². The molecule has 5 aliphatic rings. The number of nitrogens with zero attached hydrogens (tertiary/aromatic N) is 6. The van der Waals surface area contributed by atoms with E-state index in [0.29, 0.717) is 65.1 Å².